The van der Waals surface area contributed by atoms with E-state index in [0.717, 1.165) is 22.3 Å². The van der Waals surface area contributed by atoms with Crippen LogP contribution in [-0.4, -0.2) is 5.11 Å². The third kappa shape index (κ3) is 3.97. The van der Waals surface area contributed by atoms with Crippen LogP contribution in [0.1, 0.15) is 35.1 Å². The Morgan fingerprint density at radius 1 is 0.960 bits per heavy atom. The van der Waals surface area contributed by atoms with Crippen molar-refractivity contribution in [3.63, 3.8) is 0 Å². The van der Waals surface area contributed by atoms with Crippen molar-refractivity contribution in [1.29, 1.82) is 0 Å². The van der Waals surface area contributed by atoms with E-state index in [4.69, 9.17) is 23.2 Å². The first-order chi connectivity index (χ1) is 12.0. The average molecular weight is 375 g/mol. The topological polar surface area (TPSA) is 20.2 Å². The third-order valence-corrected chi connectivity index (χ3v) is 5.08. The zero-order chi connectivity index (χ0) is 18.0. The molecule has 1 atom stereocenters. The Balaban J connectivity index is 1.94. The summed E-state index contributed by atoms with van der Waals surface area (Å²) in [5.41, 5.74) is 3.57. The maximum Gasteiger partial charge on any atom is 0.123 e. The van der Waals surface area contributed by atoms with Crippen molar-refractivity contribution in [2.75, 3.05) is 0 Å². The second-order valence-corrected chi connectivity index (χ2v) is 6.86. The van der Waals surface area contributed by atoms with Gasteiger partial charge in [0, 0.05) is 27.9 Å². The molecule has 0 spiro atoms. The van der Waals surface area contributed by atoms with Gasteiger partial charge in [0.1, 0.15) is 11.6 Å². The van der Waals surface area contributed by atoms with Gasteiger partial charge in [0.05, 0.1) is 0 Å². The molecule has 0 aliphatic carbocycles. The number of rotatable bonds is 4. The molecule has 0 saturated carbocycles. The first-order valence-electron chi connectivity index (χ1n) is 7.96. The van der Waals surface area contributed by atoms with E-state index in [-0.39, 0.29) is 17.5 Å². The molecule has 0 aromatic heterocycles. The summed E-state index contributed by atoms with van der Waals surface area (Å²) in [6.45, 7) is 1.98. The van der Waals surface area contributed by atoms with Gasteiger partial charge in [0.25, 0.3) is 0 Å². The lowest BCUT2D eigenvalue weighted by atomic mass is 9.90. The highest BCUT2D eigenvalue weighted by Crippen LogP contribution is 2.33. The number of hydrogen-bond acceptors (Lipinski definition) is 1. The van der Waals surface area contributed by atoms with Crippen molar-refractivity contribution in [3.8, 4) is 5.75 Å². The Morgan fingerprint density at radius 2 is 1.60 bits per heavy atom. The van der Waals surface area contributed by atoms with Crippen molar-refractivity contribution in [3.05, 3.63) is 98.8 Å². The Hall–Kier alpha value is -2.03. The molecule has 0 aliphatic heterocycles. The summed E-state index contributed by atoms with van der Waals surface area (Å²) < 4.78 is 13.1. The predicted molar refractivity (Wildman–Crippen MR) is 101 cm³/mol. The molecule has 0 fully saturated rings. The first kappa shape index (κ1) is 17.8. The van der Waals surface area contributed by atoms with E-state index < -0.39 is 0 Å². The van der Waals surface area contributed by atoms with Gasteiger partial charge >= 0.3 is 0 Å². The van der Waals surface area contributed by atoms with Gasteiger partial charge in [-0.3, -0.25) is 0 Å². The van der Waals surface area contributed by atoms with E-state index >= 15 is 0 Å². The fourth-order valence-corrected chi connectivity index (χ4v) is 3.43. The highest BCUT2D eigenvalue weighted by atomic mass is 35.5. The zero-order valence-corrected chi connectivity index (χ0v) is 15.2. The molecule has 0 saturated heterocycles. The van der Waals surface area contributed by atoms with Crippen LogP contribution < -0.4 is 0 Å². The molecule has 1 N–H and O–H groups in total. The van der Waals surface area contributed by atoms with Gasteiger partial charge in [-0.05, 0) is 47.0 Å². The van der Waals surface area contributed by atoms with Crippen molar-refractivity contribution < 1.29 is 9.50 Å². The first-order valence-corrected chi connectivity index (χ1v) is 8.71. The van der Waals surface area contributed by atoms with Crippen LogP contribution in [0.4, 0.5) is 4.39 Å². The molecular weight excluding hydrogens is 358 g/mol. The second-order valence-electron chi connectivity index (χ2n) is 6.04. The molecule has 3 aromatic carbocycles. The number of phenols is 1. The molecule has 3 aromatic rings. The van der Waals surface area contributed by atoms with Gasteiger partial charge in [0.2, 0.25) is 0 Å². The van der Waals surface area contributed by atoms with Crippen molar-refractivity contribution >= 4 is 23.2 Å². The highest BCUT2D eigenvalue weighted by Gasteiger charge is 2.15. The minimum atomic E-state index is -0.276. The Bertz CT molecular complexity index is 871. The van der Waals surface area contributed by atoms with Crippen LogP contribution in [0.5, 0.6) is 5.75 Å². The molecule has 4 heteroatoms. The maximum atomic E-state index is 13.1. The van der Waals surface area contributed by atoms with E-state index in [1.807, 2.05) is 37.3 Å². The molecular formula is C21H17Cl2FO. The van der Waals surface area contributed by atoms with Gasteiger partial charge in [0.15, 0.2) is 0 Å². The molecule has 1 unspecified atom stereocenters. The SMILES string of the molecule is CC(c1ccc(F)cc1)c1cc(Cc2c(Cl)cccc2Cl)ccc1O. The lowest BCUT2D eigenvalue weighted by molar-refractivity contribution is 0.466. The number of aromatic hydroxyl groups is 1. The normalized spacial score (nSPS) is 12.2. The van der Waals surface area contributed by atoms with E-state index in [9.17, 15) is 9.50 Å². The lowest BCUT2D eigenvalue weighted by Gasteiger charge is -2.16. The van der Waals surface area contributed by atoms with E-state index in [1.54, 1.807) is 18.2 Å². The fraction of sp³-hybridized carbons (Fsp3) is 0.143. The smallest absolute Gasteiger partial charge is 0.123 e. The monoisotopic (exact) mass is 374 g/mol. The van der Waals surface area contributed by atoms with E-state index in [0.29, 0.717) is 16.5 Å². The van der Waals surface area contributed by atoms with Crippen LogP contribution >= 0.6 is 23.2 Å². The molecule has 3 rings (SSSR count). The minimum absolute atomic E-state index is 0.0673. The molecule has 1 nitrogen and oxygen atoms in total. The van der Waals surface area contributed by atoms with Gasteiger partial charge in [-0.1, -0.05) is 60.5 Å². The second kappa shape index (κ2) is 7.47. The summed E-state index contributed by atoms with van der Waals surface area (Å²) in [6.07, 6.45) is 0.571. The van der Waals surface area contributed by atoms with Gasteiger partial charge in [-0.2, -0.15) is 0 Å². The van der Waals surface area contributed by atoms with Gasteiger partial charge in [-0.15, -0.1) is 0 Å². The van der Waals surface area contributed by atoms with Crippen LogP contribution in [0.15, 0.2) is 60.7 Å². The number of phenolic OH excluding ortho intramolecular Hbond substituents is 1. The average Bonchev–Trinajstić information content (AvgIpc) is 2.60. The molecule has 0 radical (unpaired) electrons. The van der Waals surface area contributed by atoms with Crippen molar-refractivity contribution in [2.45, 2.75) is 19.3 Å². The van der Waals surface area contributed by atoms with Crippen LogP contribution in [-0.2, 0) is 6.42 Å². The fourth-order valence-electron chi connectivity index (χ4n) is 2.90. The van der Waals surface area contributed by atoms with Crippen molar-refractivity contribution in [1.82, 2.24) is 0 Å². The minimum Gasteiger partial charge on any atom is -0.508 e. The summed E-state index contributed by atoms with van der Waals surface area (Å²) in [4.78, 5) is 0. The Kier molecular flexibility index (Phi) is 5.31. The molecule has 0 aliphatic rings. The van der Waals surface area contributed by atoms with E-state index in [1.165, 1.54) is 12.1 Å². The molecule has 25 heavy (non-hydrogen) atoms. The van der Waals surface area contributed by atoms with Crippen molar-refractivity contribution in [2.24, 2.45) is 0 Å². The molecule has 128 valence electrons. The molecule has 0 heterocycles. The standard InChI is InChI=1S/C21H17Cl2FO/c1-13(15-6-8-16(24)9-7-15)17-11-14(5-10-21(17)25)12-18-19(22)3-2-4-20(18)23/h2-11,13,25H,12H2,1H3. The largest absolute Gasteiger partial charge is 0.508 e. The molecule has 0 amide bonds. The summed E-state index contributed by atoms with van der Waals surface area (Å²) in [5.74, 6) is -0.129. The van der Waals surface area contributed by atoms with Crippen LogP contribution in [0.3, 0.4) is 0 Å². The zero-order valence-electron chi connectivity index (χ0n) is 13.6. The molecule has 0 bridgehead atoms. The summed E-state index contributed by atoms with van der Waals surface area (Å²) in [7, 11) is 0. The number of hydrogen-bond donors (Lipinski definition) is 1. The Morgan fingerprint density at radius 3 is 2.24 bits per heavy atom. The summed E-state index contributed by atoms with van der Waals surface area (Å²) >= 11 is 12.5. The number of benzene rings is 3. The van der Waals surface area contributed by atoms with E-state index in [2.05, 4.69) is 0 Å². The Labute approximate surface area is 156 Å². The summed E-state index contributed by atoms with van der Waals surface area (Å²) in [6, 6.07) is 17.2. The number of halogens is 3. The lowest BCUT2D eigenvalue weighted by Crippen LogP contribution is -1.99. The highest BCUT2D eigenvalue weighted by molar-refractivity contribution is 6.36. The summed E-state index contributed by atoms with van der Waals surface area (Å²) in [5, 5.41) is 11.5. The quantitative estimate of drug-likeness (QED) is 0.546. The van der Waals surface area contributed by atoms with Crippen LogP contribution in [0.2, 0.25) is 10.0 Å². The van der Waals surface area contributed by atoms with Crippen LogP contribution in [0, 0.1) is 5.82 Å². The van der Waals surface area contributed by atoms with Gasteiger partial charge in [-0.25, -0.2) is 4.39 Å². The predicted octanol–water partition coefficient (Wildman–Crippen LogP) is 6.58. The maximum absolute atomic E-state index is 13.1. The third-order valence-electron chi connectivity index (χ3n) is 4.37. The van der Waals surface area contributed by atoms with Crippen LogP contribution in [0.25, 0.3) is 0 Å². The van der Waals surface area contributed by atoms with Gasteiger partial charge < -0.3 is 5.11 Å².